The third-order valence-electron chi connectivity index (χ3n) is 1.91. The second kappa shape index (κ2) is 3.94. The van der Waals surface area contributed by atoms with Crippen LogP contribution in [0.15, 0.2) is 36.1 Å². The smallest absolute Gasteiger partial charge is 0.00198 e. The van der Waals surface area contributed by atoms with Gasteiger partial charge in [-0.25, -0.2) is 0 Å². The molecule has 0 bridgehead atoms. The first-order valence-corrected chi connectivity index (χ1v) is 4.19. The van der Waals surface area contributed by atoms with Crippen molar-refractivity contribution in [3.8, 4) is 0 Å². The Balaban J connectivity index is 3.20. The minimum absolute atomic E-state index is 1.20. The van der Waals surface area contributed by atoms with E-state index >= 15 is 0 Å². The molecule has 0 amide bonds. The highest BCUT2D eigenvalue weighted by atomic mass is 14.0. The van der Waals surface area contributed by atoms with E-state index in [4.69, 9.17) is 0 Å². The van der Waals surface area contributed by atoms with Gasteiger partial charge in [0.05, 0.1) is 0 Å². The molecule has 0 unspecified atom stereocenters. The summed E-state index contributed by atoms with van der Waals surface area (Å²) >= 11 is 0. The minimum atomic E-state index is 1.20. The second-order valence-electron chi connectivity index (χ2n) is 2.87. The van der Waals surface area contributed by atoms with Crippen molar-refractivity contribution < 1.29 is 0 Å². The molecule has 0 aliphatic carbocycles. The lowest BCUT2D eigenvalue weighted by molar-refractivity contribution is 1.41. The molecule has 0 nitrogen and oxygen atoms in total. The third kappa shape index (κ3) is 1.87. The first kappa shape index (κ1) is 8.83. The highest BCUT2D eigenvalue weighted by molar-refractivity contribution is 5.65. The van der Waals surface area contributed by atoms with Crippen LogP contribution < -0.4 is 0 Å². The highest BCUT2D eigenvalue weighted by Crippen LogP contribution is 2.16. The maximum absolute atomic E-state index is 3.19. The molecule has 12 heavy (non-hydrogen) atoms. The summed E-state index contributed by atoms with van der Waals surface area (Å²) in [5, 5.41) is 0. The van der Waals surface area contributed by atoms with E-state index in [2.05, 4.69) is 43.8 Å². The van der Waals surface area contributed by atoms with Crippen molar-refractivity contribution in [2.24, 2.45) is 0 Å². The third-order valence-corrected chi connectivity index (χ3v) is 1.91. The van der Waals surface area contributed by atoms with Crippen LogP contribution in [0, 0.1) is 6.92 Å². The minimum Gasteiger partial charge on any atom is -0.122 e. The van der Waals surface area contributed by atoms with Gasteiger partial charge in [-0.2, -0.15) is 0 Å². The van der Waals surface area contributed by atoms with Gasteiger partial charge in [-0.3, -0.25) is 0 Å². The van der Waals surface area contributed by atoms with E-state index in [-0.39, 0.29) is 0 Å². The maximum atomic E-state index is 3.19. The van der Waals surface area contributed by atoms with Gasteiger partial charge < -0.3 is 0 Å². The molecule has 0 saturated carbocycles. The van der Waals surface area contributed by atoms with Crippen molar-refractivity contribution in [2.75, 3.05) is 0 Å². The van der Waals surface area contributed by atoms with E-state index in [1.807, 2.05) is 13.0 Å². The van der Waals surface area contributed by atoms with Gasteiger partial charge in [0.2, 0.25) is 0 Å². The van der Waals surface area contributed by atoms with Crippen LogP contribution in [-0.4, -0.2) is 0 Å². The average Bonchev–Trinajstić information content (AvgIpc) is 2.05. The summed E-state index contributed by atoms with van der Waals surface area (Å²) in [4.78, 5) is 0. The van der Waals surface area contributed by atoms with Gasteiger partial charge in [0.1, 0.15) is 0 Å². The Hall–Kier alpha value is -1.26. The van der Waals surface area contributed by atoms with Crippen molar-refractivity contribution in [3.05, 3.63) is 47.2 Å². The molecule has 0 spiro atoms. The predicted molar refractivity (Wildman–Crippen MR) is 54.0 cm³/mol. The molecule has 62 valence electrons. The number of hydrogen-bond acceptors (Lipinski definition) is 0. The van der Waals surface area contributed by atoms with Crippen LogP contribution >= 0.6 is 0 Å². The SMILES string of the molecule is CC=C=C(C)c1ccccc1C. The van der Waals surface area contributed by atoms with E-state index in [0.717, 1.165) is 0 Å². The summed E-state index contributed by atoms with van der Waals surface area (Å²) in [5.74, 6) is 0. The monoisotopic (exact) mass is 158 g/mol. The Morgan fingerprint density at radius 2 is 2.00 bits per heavy atom. The van der Waals surface area contributed by atoms with Crippen LogP contribution in [0.25, 0.3) is 5.57 Å². The first-order valence-electron chi connectivity index (χ1n) is 4.19. The fraction of sp³-hybridized carbons (Fsp3) is 0.250. The average molecular weight is 158 g/mol. The van der Waals surface area contributed by atoms with Gasteiger partial charge in [-0.05, 0) is 43.5 Å². The molecule has 0 radical (unpaired) electrons. The predicted octanol–water partition coefficient (Wildman–Crippen LogP) is 3.57. The Morgan fingerprint density at radius 3 is 2.58 bits per heavy atom. The Kier molecular flexibility index (Phi) is 2.90. The van der Waals surface area contributed by atoms with Crippen molar-refractivity contribution in [1.29, 1.82) is 0 Å². The van der Waals surface area contributed by atoms with E-state index in [1.54, 1.807) is 0 Å². The van der Waals surface area contributed by atoms with E-state index < -0.39 is 0 Å². The summed E-state index contributed by atoms with van der Waals surface area (Å²) < 4.78 is 0. The van der Waals surface area contributed by atoms with E-state index in [9.17, 15) is 0 Å². The van der Waals surface area contributed by atoms with Crippen molar-refractivity contribution in [2.45, 2.75) is 20.8 Å². The molecular weight excluding hydrogens is 144 g/mol. The molecule has 0 N–H and O–H groups in total. The van der Waals surface area contributed by atoms with Gasteiger partial charge in [0.25, 0.3) is 0 Å². The van der Waals surface area contributed by atoms with Gasteiger partial charge in [0, 0.05) is 0 Å². The molecule has 0 aromatic heterocycles. The fourth-order valence-electron chi connectivity index (χ4n) is 1.29. The standard InChI is InChI=1S/C12H14/c1-4-7-10(2)12-9-6-5-8-11(12)3/h4-6,8-9H,1-3H3. The van der Waals surface area contributed by atoms with Crippen LogP contribution in [-0.2, 0) is 0 Å². The quantitative estimate of drug-likeness (QED) is 0.548. The lowest BCUT2D eigenvalue weighted by atomic mass is 10.0. The maximum Gasteiger partial charge on any atom is -0.00198 e. The lowest BCUT2D eigenvalue weighted by Gasteiger charge is -2.01. The fourth-order valence-corrected chi connectivity index (χ4v) is 1.29. The molecule has 0 aliphatic heterocycles. The number of rotatable bonds is 1. The highest BCUT2D eigenvalue weighted by Gasteiger charge is 1.96. The molecule has 0 fully saturated rings. The van der Waals surface area contributed by atoms with Crippen molar-refractivity contribution in [3.63, 3.8) is 0 Å². The second-order valence-corrected chi connectivity index (χ2v) is 2.87. The van der Waals surface area contributed by atoms with Gasteiger partial charge in [-0.15, -0.1) is 5.73 Å². The van der Waals surface area contributed by atoms with Gasteiger partial charge in [0.15, 0.2) is 0 Å². The molecular formula is C12H14. The number of benzene rings is 1. The zero-order valence-electron chi connectivity index (χ0n) is 7.89. The molecule has 0 aliphatic rings. The summed E-state index contributed by atoms with van der Waals surface area (Å²) in [6, 6.07) is 8.36. The Bertz CT molecular complexity index is 326. The zero-order chi connectivity index (χ0) is 8.97. The van der Waals surface area contributed by atoms with Crippen LogP contribution in [0.3, 0.4) is 0 Å². The zero-order valence-corrected chi connectivity index (χ0v) is 7.89. The Morgan fingerprint density at radius 1 is 1.33 bits per heavy atom. The summed E-state index contributed by atoms with van der Waals surface area (Å²) in [5.41, 5.74) is 7.00. The summed E-state index contributed by atoms with van der Waals surface area (Å²) in [6.07, 6.45) is 1.95. The van der Waals surface area contributed by atoms with Crippen molar-refractivity contribution in [1.82, 2.24) is 0 Å². The summed E-state index contributed by atoms with van der Waals surface area (Å²) in [7, 11) is 0. The molecule has 0 heterocycles. The molecule has 0 saturated heterocycles. The van der Waals surface area contributed by atoms with Crippen LogP contribution in [0.5, 0.6) is 0 Å². The van der Waals surface area contributed by atoms with Gasteiger partial charge >= 0.3 is 0 Å². The molecule has 0 atom stereocenters. The first-order chi connectivity index (χ1) is 5.75. The Labute approximate surface area is 74.2 Å². The van der Waals surface area contributed by atoms with Crippen LogP contribution in [0.2, 0.25) is 0 Å². The molecule has 0 heteroatoms. The van der Waals surface area contributed by atoms with Crippen molar-refractivity contribution >= 4 is 5.57 Å². The van der Waals surface area contributed by atoms with Crippen LogP contribution in [0.4, 0.5) is 0 Å². The lowest BCUT2D eigenvalue weighted by Crippen LogP contribution is -1.82. The normalized spacial score (nSPS) is 8.92. The van der Waals surface area contributed by atoms with E-state index in [0.29, 0.717) is 0 Å². The molecule has 1 aromatic carbocycles. The van der Waals surface area contributed by atoms with E-state index in [1.165, 1.54) is 16.7 Å². The van der Waals surface area contributed by atoms with Gasteiger partial charge in [-0.1, -0.05) is 24.3 Å². The number of hydrogen-bond donors (Lipinski definition) is 0. The molecule has 1 rings (SSSR count). The summed E-state index contributed by atoms with van der Waals surface area (Å²) in [6.45, 7) is 6.19. The topological polar surface area (TPSA) is 0 Å². The number of allylic oxidation sites excluding steroid dienone is 1. The molecule has 1 aromatic rings. The number of aryl methyl sites for hydroxylation is 1. The largest absolute Gasteiger partial charge is 0.122 e. The van der Waals surface area contributed by atoms with Crippen LogP contribution in [0.1, 0.15) is 25.0 Å².